The third kappa shape index (κ3) is 5.27. The van der Waals surface area contributed by atoms with Crippen molar-refractivity contribution < 1.29 is 19.1 Å². The van der Waals surface area contributed by atoms with Crippen LogP contribution in [0.25, 0.3) is 0 Å². The van der Waals surface area contributed by atoms with E-state index >= 15 is 0 Å². The lowest BCUT2D eigenvalue weighted by molar-refractivity contribution is -0.141. The van der Waals surface area contributed by atoms with Crippen molar-refractivity contribution in [3.8, 4) is 0 Å². The molecular formula is C14H26N4O4. The number of rotatable bonds is 6. The van der Waals surface area contributed by atoms with Crippen molar-refractivity contribution in [2.24, 2.45) is 11.7 Å². The van der Waals surface area contributed by atoms with E-state index in [1.165, 1.54) is 7.11 Å². The lowest BCUT2D eigenvalue weighted by Gasteiger charge is -2.34. The molecule has 22 heavy (non-hydrogen) atoms. The number of carbonyl (C=O) groups excluding carboxylic acids is 3. The number of nitrogens with one attached hydrogen (secondary N) is 1. The molecule has 0 saturated carbocycles. The highest BCUT2D eigenvalue weighted by Crippen LogP contribution is 2.03. The summed E-state index contributed by atoms with van der Waals surface area (Å²) >= 11 is 0. The van der Waals surface area contributed by atoms with Crippen molar-refractivity contribution in [3.05, 3.63) is 0 Å². The molecule has 0 aromatic rings. The van der Waals surface area contributed by atoms with Gasteiger partial charge in [0.25, 0.3) is 0 Å². The minimum Gasteiger partial charge on any atom is -0.375 e. The monoisotopic (exact) mass is 314 g/mol. The van der Waals surface area contributed by atoms with Gasteiger partial charge in [-0.15, -0.1) is 0 Å². The molecule has 0 radical (unpaired) electrons. The summed E-state index contributed by atoms with van der Waals surface area (Å²) in [5, 5.41) is 2.56. The third-order valence-corrected chi connectivity index (χ3v) is 3.69. The Bertz CT molecular complexity index is 406. The molecule has 1 saturated heterocycles. The van der Waals surface area contributed by atoms with E-state index in [2.05, 4.69) is 5.32 Å². The van der Waals surface area contributed by atoms with Gasteiger partial charge in [-0.2, -0.15) is 0 Å². The molecule has 1 heterocycles. The normalized spacial score (nSPS) is 16.6. The highest BCUT2D eigenvalue weighted by atomic mass is 16.5. The summed E-state index contributed by atoms with van der Waals surface area (Å²) in [5.74, 6) is -0.545. The lowest BCUT2D eigenvalue weighted by atomic mass is 10.1. The summed E-state index contributed by atoms with van der Waals surface area (Å²) < 4.78 is 4.81. The summed E-state index contributed by atoms with van der Waals surface area (Å²) in [5.41, 5.74) is 5.71. The van der Waals surface area contributed by atoms with Gasteiger partial charge in [-0.1, -0.05) is 13.8 Å². The van der Waals surface area contributed by atoms with Gasteiger partial charge in [0.05, 0.1) is 12.6 Å². The highest BCUT2D eigenvalue weighted by Gasteiger charge is 2.25. The lowest BCUT2D eigenvalue weighted by Crippen LogP contribution is -2.54. The number of amides is 3. The van der Waals surface area contributed by atoms with Crippen LogP contribution in [0.15, 0.2) is 0 Å². The van der Waals surface area contributed by atoms with Crippen molar-refractivity contribution in [2.75, 3.05) is 46.4 Å². The van der Waals surface area contributed by atoms with Gasteiger partial charge < -0.3 is 25.6 Å². The van der Waals surface area contributed by atoms with Crippen molar-refractivity contribution >= 4 is 17.7 Å². The van der Waals surface area contributed by atoms with Crippen LogP contribution in [-0.4, -0.2) is 80.0 Å². The molecule has 0 aromatic carbocycles. The van der Waals surface area contributed by atoms with Crippen LogP contribution in [0.1, 0.15) is 13.8 Å². The van der Waals surface area contributed by atoms with E-state index in [1.54, 1.807) is 9.80 Å². The molecule has 0 spiro atoms. The molecule has 1 aliphatic heterocycles. The average Bonchev–Trinajstić information content (AvgIpc) is 2.51. The maximum absolute atomic E-state index is 12.0. The largest absolute Gasteiger partial charge is 0.375 e. The fourth-order valence-electron chi connectivity index (χ4n) is 2.12. The van der Waals surface area contributed by atoms with Gasteiger partial charge in [-0.3, -0.25) is 14.4 Å². The first-order valence-electron chi connectivity index (χ1n) is 7.44. The van der Waals surface area contributed by atoms with Gasteiger partial charge in [0.15, 0.2) is 0 Å². The number of carbonyl (C=O) groups is 3. The Morgan fingerprint density at radius 2 is 1.59 bits per heavy atom. The zero-order chi connectivity index (χ0) is 16.7. The summed E-state index contributed by atoms with van der Waals surface area (Å²) in [7, 11) is 1.47. The molecule has 3 N–H and O–H groups in total. The predicted octanol–water partition coefficient (Wildman–Crippen LogP) is -1.60. The minimum absolute atomic E-state index is 0.0189. The van der Waals surface area contributed by atoms with Gasteiger partial charge in [0.1, 0.15) is 6.61 Å². The first-order valence-corrected chi connectivity index (χ1v) is 7.44. The quantitative estimate of drug-likeness (QED) is 0.614. The van der Waals surface area contributed by atoms with E-state index < -0.39 is 6.04 Å². The molecule has 0 bridgehead atoms. The molecule has 0 aromatic heterocycles. The first-order chi connectivity index (χ1) is 10.4. The molecular weight excluding hydrogens is 288 g/mol. The van der Waals surface area contributed by atoms with E-state index in [-0.39, 0.29) is 36.8 Å². The number of hydrogen-bond acceptors (Lipinski definition) is 5. The molecule has 1 atom stereocenters. The van der Waals surface area contributed by atoms with E-state index in [0.717, 1.165) is 0 Å². The molecule has 0 unspecified atom stereocenters. The minimum atomic E-state index is -0.615. The summed E-state index contributed by atoms with van der Waals surface area (Å²) in [4.78, 5) is 38.7. The number of nitrogens with two attached hydrogens (primary N) is 1. The molecule has 1 aliphatic rings. The first kappa shape index (κ1) is 18.4. The van der Waals surface area contributed by atoms with Crippen molar-refractivity contribution in [1.29, 1.82) is 0 Å². The molecule has 1 rings (SSSR count). The van der Waals surface area contributed by atoms with Gasteiger partial charge in [-0.25, -0.2) is 0 Å². The summed E-state index contributed by atoms with van der Waals surface area (Å²) in [6, 6.07) is -0.615. The van der Waals surface area contributed by atoms with Gasteiger partial charge >= 0.3 is 0 Å². The second kappa shape index (κ2) is 8.70. The van der Waals surface area contributed by atoms with Crippen molar-refractivity contribution in [1.82, 2.24) is 15.1 Å². The van der Waals surface area contributed by atoms with Crippen LogP contribution in [0.2, 0.25) is 0 Å². The SMILES string of the molecule is COCC(=O)N1CCN(C(=O)CNC(=O)[C@@H](N)C(C)C)CC1. The zero-order valence-corrected chi connectivity index (χ0v) is 13.5. The Kier molecular flexibility index (Phi) is 7.26. The topological polar surface area (TPSA) is 105 Å². The fraction of sp³-hybridized carbons (Fsp3) is 0.786. The number of nitrogens with zero attached hydrogens (tertiary/aromatic N) is 2. The van der Waals surface area contributed by atoms with Crippen molar-refractivity contribution in [3.63, 3.8) is 0 Å². The predicted molar refractivity (Wildman–Crippen MR) is 80.9 cm³/mol. The Morgan fingerprint density at radius 1 is 1.09 bits per heavy atom. The van der Waals surface area contributed by atoms with E-state index in [4.69, 9.17) is 10.5 Å². The number of methoxy groups -OCH3 is 1. The van der Waals surface area contributed by atoms with Crippen LogP contribution < -0.4 is 11.1 Å². The fourth-order valence-corrected chi connectivity index (χ4v) is 2.12. The van der Waals surface area contributed by atoms with Crippen LogP contribution in [0.5, 0.6) is 0 Å². The molecule has 8 nitrogen and oxygen atoms in total. The van der Waals surface area contributed by atoms with Crippen molar-refractivity contribution in [2.45, 2.75) is 19.9 Å². The summed E-state index contributed by atoms with van der Waals surface area (Å²) in [6.07, 6.45) is 0. The highest BCUT2D eigenvalue weighted by molar-refractivity contribution is 5.87. The van der Waals surface area contributed by atoms with Gasteiger partial charge in [-0.05, 0) is 5.92 Å². The van der Waals surface area contributed by atoms with Crippen LogP contribution in [0, 0.1) is 5.92 Å². The number of hydrogen-bond donors (Lipinski definition) is 2. The van der Waals surface area contributed by atoms with E-state index in [1.807, 2.05) is 13.8 Å². The second-order valence-corrected chi connectivity index (χ2v) is 5.68. The maximum Gasteiger partial charge on any atom is 0.248 e. The molecule has 126 valence electrons. The maximum atomic E-state index is 12.0. The Balaban J connectivity index is 2.34. The van der Waals surface area contributed by atoms with Crippen LogP contribution >= 0.6 is 0 Å². The Hall–Kier alpha value is -1.67. The van der Waals surface area contributed by atoms with Crippen LogP contribution in [-0.2, 0) is 19.1 Å². The Labute approximate surface area is 130 Å². The second-order valence-electron chi connectivity index (χ2n) is 5.68. The third-order valence-electron chi connectivity index (χ3n) is 3.69. The van der Waals surface area contributed by atoms with Crippen LogP contribution in [0.3, 0.4) is 0 Å². The average molecular weight is 314 g/mol. The van der Waals surface area contributed by atoms with Crippen LogP contribution in [0.4, 0.5) is 0 Å². The van der Waals surface area contributed by atoms with Gasteiger partial charge in [0, 0.05) is 33.3 Å². The summed E-state index contributed by atoms with van der Waals surface area (Å²) in [6.45, 7) is 5.56. The van der Waals surface area contributed by atoms with Gasteiger partial charge in [0.2, 0.25) is 17.7 Å². The smallest absolute Gasteiger partial charge is 0.248 e. The molecule has 3 amide bonds. The molecule has 0 aliphatic carbocycles. The van der Waals surface area contributed by atoms with E-state index in [9.17, 15) is 14.4 Å². The Morgan fingerprint density at radius 3 is 2.05 bits per heavy atom. The van der Waals surface area contributed by atoms with E-state index in [0.29, 0.717) is 26.2 Å². The number of ether oxygens (including phenoxy) is 1. The zero-order valence-electron chi connectivity index (χ0n) is 13.5. The molecule has 1 fully saturated rings. The molecule has 8 heteroatoms. The standard InChI is InChI=1S/C14H26N4O4/c1-10(2)13(15)14(21)16-8-11(19)17-4-6-18(7-5-17)12(20)9-22-3/h10,13H,4-9,15H2,1-3H3,(H,16,21)/t13-/m0/s1. The number of piperazine rings is 1.